The van der Waals surface area contributed by atoms with Crippen LogP contribution in [0, 0.1) is 0 Å². The van der Waals surface area contributed by atoms with Crippen molar-refractivity contribution in [3.05, 3.63) is 35.4 Å². The number of benzene rings is 1. The molecule has 0 atom stereocenters. The van der Waals surface area contributed by atoms with E-state index >= 15 is 0 Å². The third kappa shape index (κ3) is 4.07. The molecule has 0 heterocycles. The minimum atomic E-state index is 0.171. The molecule has 4 heteroatoms. The minimum Gasteiger partial charge on any atom is -0.409 e. The Hall–Kier alpha value is -1.55. The maximum Gasteiger partial charge on any atom is 0.170 e. The fourth-order valence-electron chi connectivity index (χ4n) is 1.76. The van der Waals surface area contributed by atoms with Crippen LogP contribution < -0.4 is 5.73 Å². The SMILES string of the molecule is CCCCN(C)Cc1ccccc1/C(N)=N/O. The Labute approximate surface area is 103 Å². The average Bonchev–Trinajstić information content (AvgIpc) is 2.36. The Bertz CT molecular complexity index is 377. The summed E-state index contributed by atoms with van der Waals surface area (Å²) in [6.07, 6.45) is 2.37. The van der Waals surface area contributed by atoms with Gasteiger partial charge in [0, 0.05) is 12.1 Å². The molecule has 0 unspecified atom stereocenters. The molecule has 0 bridgehead atoms. The van der Waals surface area contributed by atoms with E-state index in [2.05, 4.69) is 24.0 Å². The van der Waals surface area contributed by atoms with Crippen LogP contribution in [0.1, 0.15) is 30.9 Å². The largest absolute Gasteiger partial charge is 0.409 e. The number of rotatable bonds is 6. The van der Waals surface area contributed by atoms with Crippen molar-refractivity contribution >= 4 is 5.84 Å². The molecule has 4 nitrogen and oxygen atoms in total. The highest BCUT2D eigenvalue weighted by Crippen LogP contribution is 2.11. The van der Waals surface area contributed by atoms with Gasteiger partial charge in [-0.15, -0.1) is 0 Å². The van der Waals surface area contributed by atoms with Crippen LogP contribution >= 0.6 is 0 Å². The molecule has 0 radical (unpaired) electrons. The highest BCUT2D eigenvalue weighted by molar-refractivity contribution is 5.98. The van der Waals surface area contributed by atoms with E-state index in [0.29, 0.717) is 0 Å². The fourth-order valence-corrected chi connectivity index (χ4v) is 1.76. The second-order valence-electron chi connectivity index (χ2n) is 4.23. The lowest BCUT2D eigenvalue weighted by atomic mass is 10.1. The molecule has 1 aromatic carbocycles. The molecule has 0 spiro atoms. The number of hydrogen-bond donors (Lipinski definition) is 2. The lowest BCUT2D eigenvalue weighted by molar-refractivity contribution is 0.316. The van der Waals surface area contributed by atoms with Crippen LogP contribution in [0.15, 0.2) is 29.4 Å². The fraction of sp³-hybridized carbons (Fsp3) is 0.462. The standard InChI is InChI=1S/C13H21N3O/c1-3-4-9-16(2)10-11-7-5-6-8-12(11)13(14)15-17/h5-8,17H,3-4,9-10H2,1-2H3,(H2,14,15). The van der Waals surface area contributed by atoms with Crippen LogP contribution in [0.25, 0.3) is 0 Å². The number of oxime groups is 1. The second kappa shape index (κ2) is 6.91. The first kappa shape index (κ1) is 13.5. The number of nitrogens with zero attached hydrogens (tertiary/aromatic N) is 2. The van der Waals surface area contributed by atoms with Gasteiger partial charge in [0.05, 0.1) is 0 Å². The Morgan fingerprint density at radius 3 is 2.76 bits per heavy atom. The van der Waals surface area contributed by atoms with E-state index in [1.807, 2.05) is 24.3 Å². The van der Waals surface area contributed by atoms with E-state index in [9.17, 15) is 0 Å². The lowest BCUT2D eigenvalue weighted by Crippen LogP contribution is -2.22. The zero-order valence-electron chi connectivity index (χ0n) is 10.6. The maximum absolute atomic E-state index is 8.74. The van der Waals surface area contributed by atoms with Crippen molar-refractivity contribution < 1.29 is 5.21 Å². The summed E-state index contributed by atoms with van der Waals surface area (Å²) in [5.41, 5.74) is 7.54. The zero-order valence-corrected chi connectivity index (χ0v) is 10.6. The van der Waals surface area contributed by atoms with Crippen molar-refractivity contribution in [3.63, 3.8) is 0 Å². The van der Waals surface area contributed by atoms with Gasteiger partial charge in [-0.2, -0.15) is 0 Å². The second-order valence-corrected chi connectivity index (χ2v) is 4.23. The molecular weight excluding hydrogens is 214 g/mol. The van der Waals surface area contributed by atoms with E-state index in [1.54, 1.807) is 0 Å². The Morgan fingerprint density at radius 1 is 1.41 bits per heavy atom. The first-order valence-corrected chi connectivity index (χ1v) is 5.93. The summed E-state index contributed by atoms with van der Waals surface area (Å²) in [4.78, 5) is 2.24. The third-order valence-electron chi connectivity index (χ3n) is 2.73. The van der Waals surface area contributed by atoms with Gasteiger partial charge in [0.15, 0.2) is 5.84 Å². The molecular formula is C13H21N3O. The monoisotopic (exact) mass is 235 g/mol. The number of unbranched alkanes of at least 4 members (excludes halogenated alkanes) is 1. The minimum absolute atomic E-state index is 0.171. The molecule has 0 fully saturated rings. The van der Waals surface area contributed by atoms with Gasteiger partial charge in [-0.25, -0.2) is 0 Å². The van der Waals surface area contributed by atoms with E-state index in [0.717, 1.165) is 24.2 Å². The zero-order chi connectivity index (χ0) is 12.7. The van der Waals surface area contributed by atoms with Crippen LogP contribution in [0.4, 0.5) is 0 Å². The maximum atomic E-state index is 8.74. The van der Waals surface area contributed by atoms with E-state index in [4.69, 9.17) is 10.9 Å². The molecule has 0 saturated carbocycles. The first-order chi connectivity index (χ1) is 8.19. The predicted molar refractivity (Wildman–Crippen MR) is 70.2 cm³/mol. The van der Waals surface area contributed by atoms with Crippen LogP contribution in [-0.4, -0.2) is 29.5 Å². The van der Waals surface area contributed by atoms with Gasteiger partial charge in [-0.05, 0) is 25.6 Å². The first-order valence-electron chi connectivity index (χ1n) is 5.93. The van der Waals surface area contributed by atoms with Crippen molar-refractivity contribution in [2.75, 3.05) is 13.6 Å². The molecule has 17 heavy (non-hydrogen) atoms. The van der Waals surface area contributed by atoms with Gasteiger partial charge in [-0.1, -0.05) is 42.8 Å². The molecule has 0 aliphatic carbocycles. The lowest BCUT2D eigenvalue weighted by Gasteiger charge is -2.18. The molecule has 1 aromatic rings. The molecule has 94 valence electrons. The molecule has 1 rings (SSSR count). The topological polar surface area (TPSA) is 61.8 Å². The van der Waals surface area contributed by atoms with Crippen molar-refractivity contribution in [2.45, 2.75) is 26.3 Å². The Morgan fingerprint density at radius 2 is 2.12 bits per heavy atom. The van der Waals surface area contributed by atoms with Crippen molar-refractivity contribution in [3.8, 4) is 0 Å². The number of nitrogens with two attached hydrogens (primary N) is 1. The summed E-state index contributed by atoms with van der Waals surface area (Å²) in [6.45, 7) is 4.05. The van der Waals surface area contributed by atoms with Crippen molar-refractivity contribution in [1.82, 2.24) is 4.90 Å². The van der Waals surface area contributed by atoms with Gasteiger partial charge in [0.1, 0.15) is 0 Å². The van der Waals surface area contributed by atoms with Gasteiger partial charge >= 0.3 is 0 Å². The normalized spacial score (nSPS) is 12.1. The van der Waals surface area contributed by atoms with Gasteiger partial charge < -0.3 is 15.8 Å². The summed E-state index contributed by atoms with van der Waals surface area (Å²) in [5, 5.41) is 11.8. The van der Waals surface area contributed by atoms with E-state index in [-0.39, 0.29) is 5.84 Å². The summed E-state index contributed by atoms with van der Waals surface area (Å²) >= 11 is 0. The van der Waals surface area contributed by atoms with Crippen LogP contribution in [0.2, 0.25) is 0 Å². The van der Waals surface area contributed by atoms with E-state index in [1.165, 1.54) is 12.8 Å². The molecule has 0 aliphatic heterocycles. The molecule has 3 N–H and O–H groups in total. The van der Waals surface area contributed by atoms with Crippen LogP contribution in [0.3, 0.4) is 0 Å². The van der Waals surface area contributed by atoms with Crippen LogP contribution in [0.5, 0.6) is 0 Å². The molecule has 0 saturated heterocycles. The van der Waals surface area contributed by atoms with E-state index < -0.39 is 0 Å². The number of hydrogen-bond acceptors (Lipinski definition) is 3. The number of amidine groups is 1. The summed E-state index contributed by atoms with van der Waals surface area (Å²) in [6, 6.07) is 7.74. The highest BCUT2D eigenvalue weighted by atomic mass is 16.4. The molecule has 0 aromatic heterocycles. The summed E-state index contributed by atoms with van der Waals surface area (Å²) in [7, 11) is 2.08. The predicted octanol–water partition coefficient (Wildman–Crippen LogP) is 2.01. The third-order valence-corrected chi connectivity index (χ3v) is 2.73. The Balaban J connectivity index is 2.76. The summed E-state index contributed by atoms with van der Waals surface area (Å²) < 4.78 is 0. The van der Waals surface area contributed by atoms with Crippen LogP contribution in [-0.2, 0) is 6.54 Å². The van der Waals surface area contributed by atoms with Gasteiger partial charge in [0.25, 0.3) is 0 Å². The smallest absolute Gasteiger partial charge is 0.170 e. The molecule has 0 amide bonds. The molecule has 0 aliphatic rings. The van der Waals surface area contributed by atoms with Gasteiger partial charge in [0.2, 0.25) is 0 Å². The van der Waals surface area contributed by atoms with Crippen molar-refractivity contribution in [2.24, 2.45) is 10.9 Å². The quantitative estimate of drug-likeness (QED) is 0.343. The Kier molecular flexibility index (Phi) is 5.49. The highest BCUT2D eigenvalue weighted by Gasteiger charge is 2.08. The van der Waals surface area contributed by atoms with Gasteiger partial charge in [-0.3, -0.25) is 0 Å². The average molecular weight is 235 g/mol. The van der Waals surface area contributed by atoms with Crippen molar-refractivity contribution in [1.29, 1.82) is 0 Å². The summed E-state index contributed by atoms with van der Waals surface area (Å²) in [5.74, 6) is 0.171.